The molecule has 0 aromatic carbocycles. The summed E-state index contributed by atoms with van der Waals surface area (Å²) in [5.74, 6) is 0. The zero-order valence-corrected chi connectivity index (χ0v) is 6.79. The molecule has 0 rings (SSSR count). The van der Waals surface area contributed by atoms with Gasteiger partial charge >= 0.3 is 34.0 Å². The summed E-state index contributed by atoms with van der Waals surface area (Å²) in [7, 11) is -4.67. The maximum atomic E-state index is 8.74. The van der Waals surface area contributed by atoms with E-state index in [9.17, 15) is 0 Å². The minimum atomic E-state index is -4.67. The summed E-state index contributed by atoms with van der Waals surface area (Å²) in [6.07, 6.45) is 0. The molecule has 50 valence electrons. The fourth-order valence-corrected chi connectivity index (χ4v) is 0. The molecule has 0 bridgehead atoms. The zero-order valence-electron chi connectivity index (χ0n) is 3.55. The molecule has 8 heavy (non-hydrogen) atoms. The Hall–Kier alpha value is 0.0129. The third-order valence-electron chi connectivity index (χ3n) is 0. The normalized spacial score (nSPS) is 8.75. The molecule has 0 spiro atoms. The Labute approximate surface area is 52.1 Å². The Balaban J connectivity index is 0. The van der Waals surface area contributed by atoms with E-state index < -0.39 is 26.1 Å². The van der Waals surface area contributed by atoms with Crippen LogP contribution in [-0.2, 0) is 14.2 Å². The average molecular weight is 205 g/mol. The molecule has 0 radical (unpaired) electrons. The summed E-state index contributed by atoms with van der Waals surface area (Å²) in [6.45, 7) is 0. The van der Waals surface area contributed by atoms with E-state index in [1.807, 2.05) is 0 Å². The van der Waals surface area contributed by atoms with Crippen molar-refractivity contribution in [1.29, 1.82) is 0 Å². The monoisotopic (exact) mass is 206 g/mol. The van der Waals surface area contributed by atoms with Crippen molar-refractivity contribution < 1.29 is 25.4 Å². The molecular weight excluding hydrogens is 201 g/mol. The summed E-state index contributed by atoms with van der Waals surface area (Å²) in [5.41, 5.74) is 0. The minimum absolute atomic E-state index is 1.94. The van der Waals surface area contributed by atoms with E-state index in [4.69, 9.17) is 25.4 Å². The van der Waals surface area contributed by atoms with Crippen LogP contribution in [0.3, 0.4) is 0 Å². The second-order valence-corrected chi connectivity index (χ2v) is 1.89. The fourth-order valence-electron chi connectivity index (χ4n) is 0. The Morgan fingerprint density at radius 2 is 1.25 bits per heavy atom. The number of hydrogen-bond donors (Lipinski definition) is 3. The van der Waals surface area contributed by atoms with Crippen molar-refractivity contribution in [3.05, 3.63) is 0 Å². The summed E-state index contributed by atoms with van der Waals surface area (Å²) >= 11 is -1.94. The maximum absolute atomic E-state index is 8.74. The molecule has 0 amide bonds. The molecule has 0 unspecified atom stereocenters. The van der Waals surface area contributed by atoms with Crippen LogP contribution in [0.2, 0.25) is 0 Å². The molecule has 8 heteroatoms. The molecule has 0 heterocycles. The second-order valence-electron chi connectivity index (χ2n) is 0.553. The first-order chi connectivity index (χ1) is 3.41. The molecule has 0 aromatic heterocycles. The third kappa shape index (κ3) is 914000. The Morgan fingerprint density at radius 3 is 1.25 bits per heavy atom. The van der Waals surface area contributed by atoms with Crippen molar-refractivity contribution in [1.82, 2.24) is 0 Å². The van der Waals surface area contributed by atoms with Gasteiger partial charge in [-0.15, -0.1) is 0 Å². The van der Waals surface area contributed by atoms with Gasteiger partial charge in [0.25, 0.3) is 0 Å². The van der Waals surface area contributed by atoms with Crippen molar-refractivity contribution in [3.63, 3.8) is 0 Å². The van der Waals surface area contributed by atoms with Gasteiger partial charge in [-0.05, 0) is 0 Å². The van der Waals surface area contributed by atoms with Crippen molar-refractivity contribution >= 4 is 26.1 Å². The quantitative estimate of drug-likeness (QED) is 0.312. The molecule has 0 saturated carbocycles. The van der Waals surface area contributed by atoms with Gasteiger partial charge in [-0.2, -0.15) is 8.42 Å². The average Bonchev–Trinajstić information content (AvgIpc) is 1.27. The van der Waals surface area contributed by atoms with Crippen LogP contribution in [0.5, 0.6) is 0 Å². The van der Waals surface area contributed by atoms with E-state index in [-0.39, 0.29) is 0 Å². The first kappa shape index (κ1) is 10.9. The van der Waals surface area contributed by atoms with Crippen LogP contribution in [0, 0.1) is 0 Å². The van der Waals surface area contributed by atoms with Gasteiger partial charge in [-0.25, -0.2) is 0 Å². The number of hydrogen-bond acceptors (Lipinski definition) is 3. The summed E-state index contributed by atoms with van der Waals surface area (Å²) in [5, 5.41) is 0. The van der Waals surface area contributed by atoms with Crippen LogP contribution in [0.1, 0.15) is 0 Å². The van der Waals surface area contributed by atoms with E-state index in [1.54, 1.807) is 0 Å². The topological polar surface area (TPSA) is 112 Å². The molecule has 0 aliphatic rings. The van der Waals surface area contributed by atoms with Crippen molar-refractivity contribution in [3.8, 4) is 0 Å². The molecule has 0 aromatic rings. The standard InChI is InChI=1S/GeH2O2.H2O4S/c2-1-3;1-5(2,3)4/h1-2H;(H2,1,2,3,4). The first-order valence-electron chi connectivity index (χ1n) is 1.19. The van der Waals surface area contributed by atoms with Crippen molar-refractivity contribution in [2.75, 3.05) is 0 Å². The van der Waals surface area contributed by atoms with E-state index in [0.717, 1.165) is 0 Å². The SMILES string of the molecule is O=S(=O)(O)O.[O]=[GeH][OH]. The van der Waals surface area contributed by atoms with Gasteiger partial charge in [0.2, 0.25) is 0 Å². The van der Waals surface area contributed by atoms with Crippen LogP contribution in [0.25, 0.3) is 0 Å². The molecule has 0 aliphatic carbocycles. The second kappa shape index (κ2) is 5.16. The Kier molecular flexibility index (Phi) is 7.02. The Morgan fingerprint density at radius 1 is 1.25 bits per heavy atom. The molecule has 6 nitrogen and oxygen atoms in total. The van der Waals surface area contributed by atoms with Gasteiger partial charge in [0, 0.05) is 0 Å². The molecule has 0 aliphatic heterocycles. The molecule has 3 N–H and O–H groups in total. The van der Waals surface area contributed by atoms with E-state index in [0.29, 0.717) is 0 Å². The van der Waals surface area contributed by atoms with Crippen LogP contribution in [0.4, 0.5) is 0 Å². The molecule has 0 atom stereocenters. The van der Waals surface area contributed by atoms with Gasteiger partial charge in [-0.3, -0.25) is 9.11 Å². The van der Waals surface area contributed by atoms with Gasteiger partial charge in [0.15, 0.2) is 0 Å². The van der Waals surface area contributed by atoms with E-state index >= 15 is 0 Å². The predicted octanol–water partition coefficient (Wildman–Crippen LogP) is -1.98. The molecular formula is H4GeO6S. The Bertz CT molecular complexity index is 123. The summed E-state index contributed by atoms with van der Waals surface area (Å²) in [4.78, 5) is 0. The first-order valence-corrected chi connectivity index (χ1v) is 4.66. The van der Waals surface area contributed by atoms with Crippen LogP contribution < -0.4 is 0 Å². The van der Waals surface area contributed by atoms with Gasteiger partial charge in [-0.1, -0.05) is 0 Å². The third-order valence-corrected chi connectivity index (χ3v) is 0. The van der Waals surface area contributed by atoms with Crippen LogP contribution in [0.15, 0.2) is 0 Å². The predicted molar refractivity (Wildman–Crippen MR) is 24.2 cm³/mol. The van der Waals surface area contributed by atoms with Crippen molar-refractivity contribution in [2.24, 2.45) is 0 Å². The summed E-state index contributed by atoms with van der Waals surface area (Å²) < 4.78 is 47.4. The zero-order chi connectivity index (χ0) is 7.21. The fraction of sp³-hybridized carbons (Fsp3) is 0. The van der Waals surface area contributed by atoms with Crippen LogP contribution in [-0.4, -0.2) is 37.4 Å². The van der Waals surface area contributed by atoms with Gasteiger partial charge < -0.3 is 0 Å². The van der Waals surface area contributed by atoms with E-state index in [1.165, 1.54) is 0 Å². The van der Waals surface area contributed by atoms with Crippen molar-refractivity contribution in [2.45, 2.75) is 0 Å². The summed E-state index contributed by atoms with van der Waals surface area (Å²) in [6, 6.07) is 0. The molecule has 0 fully saturated rings. The van der Waals surface area contributed by atoms with E-state index in [2.05, 4.69) is 0 Å². The van der Waals surface area contributed by atoms with Gasteiger partial charge in [0.1, 0.15) is 0 Å². The van der Waals surface area contributed by atoms with Crippen LogP contribution >= 0.6 is 0 Å². The number of rotatable bonds is 0. The molecule has 0 saturated heterocycles. The van der Waals surface area contributed by atoms with Gasteiger partial charge in [0.05, 0.1) is 0 Å².